The number of nitrogens with zero attached hydrogens (tertiary/aromatic N) is 3. The van der Waals surface area contributed by atoms with Crippen LogP contribution in [0, 0.1) is 5.92 Å². The predicted octanol–water partition coefficient (Wildman–Crippen LogP) is 3.87. The summed E-state index contributed by atoms with van der Waals surface area (Å²) in [5.74, 6) is 1.17. The number of carbonyl (C=O) groups is 1. The zero-order valence-electron chi connectivity index (χ0n) is 16.9. The molecule has 0 aliphatic carbocycles. The number of hydrogen-bond donors (Lipinski definition) is 1. The van der Waals surface area contributed by atoms with Crippen molar-refractivity contribution in [3.63, 3.8) is 0 Å². The summed E-state index contributed by atoms with van der Waals surface area (Å²) in [6.07, 6.45) is 2.82. The fourth-order valence-corrected chi connectivity index (χ4v) is 4.75. The van der Waals surface area contributed by atoms with Crippen molar-refractivity contribution < 1.29 is 14.6 Å². The third-order valence-corrected chi connectivity index (χ3v) is 6.73. The molecule has 2 aliphatic heterocycles. The van der Waals surface area contributed by atoms with Crippen molar-refractivity contribution in [2.45, 2.75) is 32.2 Å². The summed E-state index contributed by atoms with van der Waals surface area (Å²) in [4.78, 5) is 16.5. The highest BCUT2D eigenvalue weighted by Crippen LogP contribution is 2.41. The van der Waals surface area contributed by atoms with Crippen LogP contribution < -0.4 is 4.74 Å². The van der Waals surface area contributed by atoms with E-state index in [1.807, 2.05) is 29.6 Å². The Kier molecular flexibility index (Phi) is 5.87. The first-order valence-electron chi connectivity index (χ1n) is 10.1. The SMILES string of the molecule is COc1cccc([C@H]2CC(c3cccs3)=NN2C(=O)CN2CCC(C)CC2)c1O. The molecule has 0 saturated carbocycles. The number of piperidine rings is 1. The molecule has 1 aromatic carbocycles. The fourth-order valence-electron chi connectivity index (χ4n) is 4.03. The van der Waals surface area contributed by atoms with E-state index in [0.29, 0.717) is 24.3 Å². The van der Waals surface area contributed by atoms with Crippen molar-refractivity contribution in [3.05, 3.63) is 46.2 Å². The molecule has 2 aromatic rings. The summed E-state index contributed by atoms with van der Waals surface area (Å²) < 4.78 is 5.27. The summed E-state index contributed by atoms with van der Waals surface area (Å²) in [5.41, 5.74) is 1.55. The Hall–Kier alpha value is -2.38. The Balaban J connectivity index is 1.60. The van der Waals surface area contributed by atoms with Crippen LogP contribution in [0.25, 0.3) is 0 Å². The lowest BCUT2D eigenvalue weighted by Crippen LogP contribution is -2.41. The molecule has 2 aliphatic rings. The summed E-state index contributed by atoms with van der Waals surface area (Å²) in [6, 6.07) is 9.07. The molecule has 154 valence electrons. The van der Waals surface area contributed by atoms with Gasteiger partial charge < -0.3 is 9.84 Å². The molecular formula is C22H27N3O3S. The average molecular weight is 414 g/mol. The van der Waals surface area contributed by atoms with Gasteiger partial charge in [-0.05, 0) is 49.4 Å². The van der Waals surface area contributed by atoms with E-state index in [1.165, 1.54) is 7.11 Å². The van der Waals surface area contributed by atoms with E-state index in [9.17, 15) is 9.90 Å². The average Bonchev–Trinajstić information content (AvgIpc) is 3.39. The Labute approximate surface area is 175 Å². The monoisotopic (exact) mass is 413 g/mol. The van der Waals surface area contributed by atoms with Gasteiger partial charge >= 0.3 is 0 Å². The van der Waals surface area contributed by atoms with Gasteiger partial charge in [-0.3, -0.25) is 9.69 Å². The fraction of sp³-hybridized carbons (Fsp3) is 0.455. The number of likely N-dealkylation sites (tertiary alicyclic amines) is 1. The smallest absolute Gasteiger partial charge is 0.257 e. The normalized spacial score (nSPS) is 20.7. The van der Waals surface area contributed by atoms with E-state index in [4.69, 9.17) is 9.84 Å². The number of phenolic OH excluding ortho intramolecular Hbond substituents is 1. The van der Waals surface area contributed by atoms with Gasteiger partial charge in [0, 0.05) is 12.0 Å². The van der Waals surface area contributed by atoms with Crippen LogP contribution in [-0.2, 0) is 4.79 Å². The number of hydrogen-bond acceptors (Lipinski definition) is 6. The van der Waals surface area contributed by atoms with Crippen LogP contribution in [0.4, 0.5) is 0 Å². The molecule has 1 aromatic heterocycles. The van der Waals surface area contributed by atoms with Gasteiger partial charge in [0.2, 0.25) is 0 Å². The number of amides is 1. The molecule has 0 radical (unpaired) electrons. The number of thiophene rings is 1. The lowest BCUT2D eigenvalue weighted by atomic mass is 9.98. The highest BCUT2D eigenvalue weighted by molar-refractivity contribution is 7.12. The first-order chi connectivity index (χ1) is 14.1. The van der Waals surface area contributed by atoms with Crippen LogP contribution in [-0.4, -0.2) is 53.4 Å². The van der Waals surface area contributed by atoms with E-state index in [2.05, 4.69) is 11.8 Å². The van der Waals surface area contributed by atoms with Gasteiger partial charge in [0.05, 0.1) is 30.3 Å². The van der Waals surface area contributed by atoms with Crippen LogP contribution in [0.15, 0.2) is 40.8 Å². The topological polar surface area (TPSA) is 65.4 Å². The molecule has 1 N–H and O–H groups in total. The highest BCUT2D eigenvalue weighted by atomic mass is 32.1. The maximum Gasteiger partial charge on any atom is 0.257 e. The minimum atomic E-state index is -0.335. The van der Waals surface area contributed by atoms with Gasteiger partial charge in [-0.15, -0.1) is 11.3 Å². The zero-order valence-corrected chi connectivity index (χ0v) is 17.7. The third kappa shape index (κ3) is 4.16. The largest absolute Gasteiger partial charge is 0.504 e. The lowest BCUT2D eigenvalue weighted by Gasteiger charge is -2.31. The number of ether oxygens (including phenoxy) is 1. The molecule has 4 rings (SSSR count). The molecule has 0 spiro atoms. The Bertz CT molecular complexity index is 889. The Morgan fingerprint density at radius 2 is 2.07 bits per heavy atom. The summed E-state index contributed by atoms with van der Waals surface area (Å²) in [6.45, 7) is 4.50. The molecule has 1 amide bonds. The standard InChI is InChI=1S/C22H27N3O3S/c1-15-8-10-24(11-9-15)14-21(26)25-18(13-17(23-25)20-7-4-12-29-20)16-5-3-6-19(28-2)22(16)27/h3-7,12,15,18,27H,8-11,13-14H2,1-2H3/t18-/m1/s1. The van der Waals surface area contributed by atoms with Crippen molar-refractivity contribution in [3.8, 4) is 11.5 Å². The van der Waals surface area contributed by atoms with Gasteiger partial charge in [0.15, 0.2) is 11.5 Å². The minimum absolute atomic E-state index is 0.0293. The second-order valence-electron chi connectivity index (χ2n) is 7.84. The second kappa shape index (κ2) is 8.55. The maximum atomic E-state index is 13.2. The molecule has 0 unspecified atom stereocenters. The van der Waals surface area contributed by atoms with Gasteiger partial charge in [-0.2, -0.15) is 5.10 Å². The maximum absolute atomic E-state index is 13.2. The zero-order chi connectivity index (χ0) is 20.4. The first kappa shape index (κ1) is 19.9. The van der Waals surface area contributed by atoms with Crippen molar-refractivity contribution >= 4 is 23.0 Å². The van der Waals surface area contributed by atoms with Crippen LogP contribution in [0.2, 0.25) is 0 Å². The van der Waals surface area contributed by atoms with Crippen LogP contribution in [0.5, 0.6) is 11.5 Å². The van der Waals surface area contributed by atoms with Crippen LogP contribution in [0.1, 0.15) is 42.7 Å². The molecular weight excluding hydrogens is 386 g/mol. The summed E-state index contributed by atoms with van der Waals surface area (Å²) in [7, 11) is 1.53. The molecule has 29 heavy (non-hydrogen) atoms. The molecule has 1 atom stereocenters. The van der Waals surface area contributed by atoms with Crippen LogP contribution >= 0.6 is 11.3 Å². The minimum Gasteiger partial charge on any atom is -0.504 e. The van der Waals surface area contributed by atoms with Crippen molar-refractivity contribution in [2.24, 2.45) is 11.0 Å². The van der Waals surface area contributed by atoms with Crippen LogP contribution in [0.3, 0.4) is 0 Å². The van der Waals surface area contributed by atoms with E-state index < -0.39 is 0 Å². The summed E-state index contributed by atoms with van der Waals surface area (Å²) >= 11 is 1.61. The number of carbonyl (C=O) groups excluding carboxylic acids is 1. The quantitative estimate of drug-likeness (QED) is 0.808. The van der Waals surface area contributed by atoms with Gasteiger partial charge in [-0.1, -0.05) is 25.1 Å². The lowest BCUT2D eigenvalue weighted by molar-refractivity contribution is -0.134. The Morgan fingerprint density at radius 1 is 1.28 bits per heavy atom. The molecule has 1 fully saturated rings. The number of methoxy groups -OCH3 is 1. The van der Waals surface area contributed by atoms with Crippen molar-refractivity contribution in [1.82, 2.24) is 9.91 Å². The number of hydrazone groups is 1. The molecule has 7 heteroatoms. The summed E-state index contributed by atoms with van der Waals surface area (Å²) in [5, 5.41) is 19.0. The van der Waals surface area contributed by atoms with Gasteiger partial charge in [-0.25, -0.2) is 5.01 Å². The number of phenols is 1. The van der Waals surface area contributed by atoms with Crippen molar-refractivity contribution in [2.75, 3.05) is 26.7 Å². The van der Waals surface area contributed by atoms with E-state index in [0.717, 1.165) is 42.4 Å². The number of para-hydroxylation sites is 1. The van der Waals surface area contributed by atoms with E-state index >= 15 is 0 Å². The van der Waals surface area contributed by atoms with Gasteiger partial charge in [0.25, 0.3) is 5.91 Å². The molecule has 1 saturated heterocycles. The second-order valence-corrected chi connectivity index (χ2v) is 8.79. The number of benzene rings is 1. The number of aromatic hydroxyl groups is 1. The van der Waals surface area contributed by atoms with Gasteiger partial charge in [0.1, 0.15) is 0 Å². The van der Waals surface area contributed by atoms with E-state index in [1.54, 1.807) is 22.4 Å². The van der Waals surface area contributed by atoms with Crippen molar-refractivity contribution in [1.29, 1.82) is 0 Å². The molecule has 6 nitrogen and oxygen atoms in total. The molecule has 3 heterocycles. The first-order valence-corrected chi connectivity index (χ1v) is 11.0. The highest BCUT2D eigenvalue weighted by Gasteiger charge is 2.36. The molecule has 0 bridgehead atoms. The number of rotatable bonds is 5. The van der Waals surface area contributed by atoms with E-state index in [-0.39, 0.29) is 17.7 Å². The predicted molar refractivity (Wildman–Crippen MR) is 115 cm³/mol. The third-order valence-electron chi connectivity index (χ3n) is 5.82. The Morgan fingerprint density at radius 3 is 2.76 bits per heavy atom.